The van der Waals surface area contributed by atoms with Gasteiger partial charge in [-0.05, 0) is 38.1 Å². The largest absolute Gasteiger partial charge is 0.392 e. The van der Waals surface area contributed by atoms with Gasteiger partial charge >= 0.3 is 0 Å². The lowest BCUT2D eigenvalue weighted by atomic mass is 10.1. The smallest absolute Gasteiger partial charge is 0.0667 e. The third kappa shape index (κ3) is 6.13. The monoisotopic (exact) mass is 215 g/mol. The number of nitrogens with one attached hydrogen (secondary N) is 1. The summed E-state index contributed by atoms with van der Waals surface area (Å²) in [7, 11) is 0. The Morgan fingerprint density at radius 1 is 1.47 bits per heavy atom. The van der Waals surface area contributed by atoms with E-state index in [0.717, 1.165) is 26.0 Å². The Balaban J connectivity index is 1.91. The minimum absolute atomic E-state index is 0.200. The maximum atomic E-state index is 9.62. The normalized spacial score (nSPS) is 23.6. The Morgan fingerprint density at radius 2 is 2.27 bits per heavy atom. The molecule has 90 valence electrons. The number of ether oxygens (including phenoxy) is 1. The third-order valence-electron chi connectivity index (χ3n) is 2.79. The first-order valence-electron chi connectivity index (χ1n) is 6.19. The van der Waals surface area contributed by atoms with Crippen LogP contribution in [0.4, 0.5) is 0 Å². The quantitative estimate of drug-likeness (QED) is 0.633. The number of hydrogen-bond acceptors (Lipinski definition) is 3. The molecule has 1 fully saturated rings. The van der Waals surface area contributed by atoms with Crippen LogP contribution in [0.2, 0.25) is 0 Å². The van der Waals surface area contributed by atoms with Crippen molar-refractivity contribution in [3.8, 4) is 0 Å². The van der Waals surface area contributed by atoms with Gasteiger partial charge in [0.1, 0.15) is 0 Å². The van der Waals surface area contributed by atoms with Gasteiger partial charge in [0, 0.05) is 13.2 Å². The molecule has 0 amide bonds. The molecule has 0 aliphatic carbocycles. The molecule has 1 heterocycles. The van der Waals surface area contributed by atoms with E-state index in [4.69, 9.17) is 4.74 Å². The molecule has 0 aromatic rings. The lowest BCUT2D eigenvalue weighted by Gasteiger charge is -2.15. The topological polar surface area (TPSA) is 41.5 Å². The lowest BCUT2D eigenvalue weighted by molar-refractivity contribution is 0.101. The van der Waals surface area contributed by atoms with Crippen molar-refractivity contribution in [1.29, 1.82) is 0 Å². The standard InChI is InChI=1S/C12H25NO2/c1-10(2)8-11(14)9-13-6-5-12-4-3-7-15-12/h10-14H,3-9H2,1-2H3. The van der Waals surface area contributed by atoms with Crippen molar-refractivity contribution in [1.82, 2.24) is 5.32 Å². The average molecular weight is 215 g/mol. The van der Waals surface area contributed by atoms with Crippen molar-refractivity contribution in [2.75, 3.05) is 19.7 Å². The van der Waals surface area contributed by atoms with E-state index in [1.807, 2.05) is 0 Å². The van der Waals surface area contributed by atoms with Crippen molar-refractivity contribution in [2.45, 2.75) is 51.7 Å². The first-order valence-corrected chi connectivity index (χ1v) is 6.19. The average Bonchev–Trinajstić information content (AvgIpc) is 2.63. The summed E-state index contributed by atoms with van der Waals surface area (Å²) >= 11 is 0. The van der Waals surface area contributed by atoms with Crippen LogP contribution in [0.25, 0.3) is 0 Å². The fourth-order valence-electron chi connectivity index (χ4n) is 2.03. The van der Waals surface area contributed by atoms with Crippen molar-refractivity contribution in [3.63, 3.8) is 0 Å². The van der Waals surface area contributed by atoms with Gasteiger partial charge in [0.15, 0.2) is 0 Å². The molecule has 0 spiro atoms. The lowest BCUT2D eigenvalue weighted by Crippen LogP contribution is -2.30. The fourth-order valence-corrected chi connectivity index (χ4v) is 2.03. The first-order chi connectivity index (χ1) is 7.18. The molecule has 0 radical (unpaired) electrons. The van der Waals surface area contributed by atoms with Crippen LogP contribution in [-0.2, 0) is 4.74 Å². The maximum Gasteiger partial charge on any atom is 0.0667 e. The molecular formula is C12H25NO2. The highest BCUT2D eigenvalue weighted by atomic mass is 16.5. The SMILES string of the molecule is CC(C)CC(O)CNCCC1CCCO1. The van der Waals surface area contributed by atoms with Gasteiger partial charge < -0.3 is 15.2 Å². The molecule has 3 heteroatoms. The Hall–Kier alpha value is -0.120. The fraction of sp³-hybridized carbons (Fsp3) is 1.00. The Bertz CT molecular complexity index is 156. The highest BCUT2D eigenvalue weighted by Gasteiger charge is 2.14. The van der Waals surface area contributed by atoms with Crippen molar-refractivity contribution in [3.05, 3.63) is 0 Å². The molecular weight excluding hydrogens is 190 g/mol. The van der Waals surface area contributed by atoms with Gasteiger partial charge in [-0.2, -0.15) is 0 Å². The first kappa shape index (κ1) is 12.9. The number of hydrogen-bond donors (Lipinski definition) is 2. The Morgan fingerprint density at radius 3 is 2.87 bits per heavy atom. The second kappa shape index (κ2) is 7.20. The molecule has 0 aromatic carbocycles. The summed E-state index contributed by atoms with van der Waals surface area (Å²) in [5.41, 5.74) is 0. The third-order valence-corrected chi connectivity index (χ3v) is 2.79. The van der Waals surface area contributed by atoms with Crippen molar-refractivity contribution < 1.29 is 9.84 Å². The van der Waals surface area contributed by atoms with E-state index in [9.17, 15) is 5.11 Å². The van der Waals surface area contributed by atoms with E-state index < -0.39 is 0 Å². The molecule has 0 saturated carbocycles. The second-order valence-corrected chi connectivity index (χ2v) is 4.91. The summed E-state index contributed by atoms with van der Waals surface area (Å²) in [6.07, 6.45) is 4.63. The van der Waals surface area contributed by atoms with Crippen LogP contribution in [0, 0.1) is 5.92 Å². The van der Waals surface area contributed by atoms with Crippen LogP contribution in [-0.4, -0.2) is 37.0 Å². The van der Waals surface area contributed by atoms with Gasteiger partial charge in [-0.3, -0.25) is 0 Å². The number of rotatable bonds is 7. The van der Waals surface area contributed by atoms with Crippen molar-refractivity contribution >= 4 is 0 Å². The number of aliphatic hydroxyl groups is 1. The predicted molar refractivity (Wildman–Crippen MR) is 61.9 cm³/mol. The molecule has 2 unspecified atom stereocenters. The summed E-state index contributed by atoms with van der Waals surface area (Å²) in [5.74, 6) is 0.569. The molecule has 0 bridgehead atoms. The molecule has 0 aromatic heterocycles. The Labute approximate surface area is 93.2 Å². The summed E-state index contributed by atoms with van der Waals surface area (Å²) in [6, 6.07) is 0. The molecule has 1 aliphatic rings. The summed E-state index contributed by atoms with van der Waals surface area (Å²) in [4.78, 5) is 0. The van der Waals surface area contributed by atoms with Gasteiger partial charge in [0.25, 0.3) is 0 Å². The molecule has 2 N–H and O–H groups in total. The van der Waals surface area contributed by atoms with E-state index in [1.165, 1.54) is 12.8 Å². The zero-order valence-electron chi connectivity index (χ0n) is 10.0. The van der Waals surface area contributed by atoms with Crippen LogP contribution in [0.1, 0.15) is 39.5 Å². The molecule has 1 rings (SSSR count). The van der Waals surface area contributed by atoms with Gasteiger partial charge in [0.2, 0.25) is 0 Å². The van der Waals surface area contributed by atoms with E-state index in [-0.39, 0.29) is 6.10 Å². The number of aliphatic hydroxyl groups excluding tert-OH is 1. The molecule has 1 aliphatic heterocycles. The van der Waals surface area contributed by atoms with Gasteiger partial charge in [0.05, 0.1) is 12.2 Å². The van der Waals surface area contributed by atoms with Gasteiger partial charge in [-0.15, -0.1) is 0 Å². The van der Waals surface area contributed by atoms with Crippen LogP contribution >= 0.6 is 0 Å². The molecule has 2 atom stereocenters. The zero-order valence-corrected chi connectivity index (χ0v) is 10.0. The van der Waals surface area contributed by atoms with Crippen LogP contribution in [0.5, 0.6) is 0 Å². The zero-order chi connectivity index (χ0) is 11.1. The van der Waals surface area contributed by atoms with Crippen LogP contribution in [0.15, 0.2) is 0 Å². The van der Waals surface area contributed by atoms with Crippen LogP contribution < -0.4 is 5.32 Å². The van der Waals surface area contributed by atoms with Crippen LogP contribution in [0.3, 0.4) is 0 Å². The molecule has 15 heavy (non-hydrogen) atoms. The molecule has 1 saturated heterocycles. The highest BCUT2D eigenvalue weighted by Crippen LogP contribution is 2.14. The van der Waals surface area contributed by atoms with E-state index >= 15 is 0 Å². The predicted octanol–water partition coefficient (Wildman–Crippen LogP) is 1.55. The van der Waals surface area contributed by atoms with E-state index in [1.54, 1.807) is 0 Å². The van der Waals surface area contributed by atoms with Gasteiger partial charge in [-0.25, -0.2) is 0 Å². The van der Waals surface area contributed by atoms with E-state index in [0.29, 0.717) is 18.6 Å². The summed E-state index contributed by atoms with van der Waals surface area (Å²) < 4.78 is 5.52. The second-order valence-electron chi connectivity index (χ2n) is 4.91. The minimum Gasteiger partial charge on any atom is -0.392 e. The van der Waals surface area contributed by atoms with Gasteiger partial charge in [-0.1, -0.05) is 13.8 Å². The minimum atomic E-state index is -0.200. The summed E-state index contributed by atoms with van der Waals surface area (Å²) in [6.45, 7) is 6.87. The highest BCUT2D eigenvalue weighted by molar-refractivity contribution is 4.67. The van der Waals surface area contributed by atoms with Crippen molar-refractivity contribution in [2.24, 2.45) is 5.92 Å². The Kier molecular flexibility index (Phi) is 6.22. The maximum absolute atomic E-state index is 9.62. The molecule has 3 nitrogen and oxygen atoms in total. The van der Waals surface area contributed by atoms with E-state index in [2.05, 4.69) is 19.2 Å². The summed E-state index contributed by atoms with van der Waals surface area (Å²) in [5, 5.41) is 12.9.